The molecule has 1 heterocycles. The van der Waals surface area contributed by atoms with Crippen LogP contribution in [0, 0.1) is 0 Å². The van der Waals surface area contributed by atoms with Gasteiger partial charge in [-0.1, -0.05) is 0 Å². The molecule has 1 amide bonds. The van der Waals surface area contributed by atoms with Gasteiger partial charge in [-0.3, -0.25) is 9.69 Å². The second-order valence-electron chi connectivity index (χ2n) is 4.50. The lowest BCUT2D eigenvalue weighted by molar-refractivity contribution is -0.127. The Labute approximate surface area is 91.6 Å². The minimum atomic E-state index is -0.174. The summed E-state index contributed by atoms with van der Waals surface area (Å²) in [5.41, 5.74) is 0. The molecule has 88 valence electrons. The highest BCUT2D eigenvalue weighted by molar-refractivity contribution is 5.82. The first-order valence-corrected chi connectivity index (χ1v) is 5.74. The van der Waals surface area contributed by atoms with Gasteiger partial charge in [0.05, 0.1) is 6.04 Å². The van der Waals surface area contributed by atoms with E-state index >= 15 is 0 Å². The van der Waals surface area contributed by atoms with Crippen LogP contribution < -0.4 is 5.32 Å². The molecule has 0 saturated carbocycles. The Hall–Kier alpha value is -0.610. The molecule has 0 bridgehead atoms. The van der Waals surface area contributed by atoms with E-state index in [0.29, 0.717) is 18.5 Å². The van der Waals surface area contributed by atoms with Crippen LogP contribution in [0.3, 0.4) is 0 Å². The first-order chi connectivity index (χ1) is 7.07. The number of nitrogens with one attached hydrogen (secondary N) is 1. The van der Waals surface area contributed by atoms with E-state index in [1.807, 2.05) is 0 Å². The average molecular weight is 214 g/mol. The second kappa shape index (κ2) is 5.47. The summed E-state index contributed by atoms with van der Waals surface area (Å²) < 4.78 is 0. The second-order valence-corrected chi connectivity index (χ2v) is 4.50. The lowest BCUT2D eigenvalue weighted by atomic mass is 10.1. The Morgan fingerprint density at radius 1 is 1.60 bits per heavy atom. The largest absolute Gasteiger partial charge is 0.396 e. The summed E-state index contributed by atoms with van der Waals surface area (Å²) in [5, 5.41) is 11.9. The van der Waals surface area contributed by atoms with Crippen molar-refractivity contribution in [3.05, 3.63) is 0 Å². The van der Waals surface area contributed by atoms with E-state index < -0.39 is 0 Å². The van der Waals surface area contributed by atoms with Crippen molar-refractivity contribution in [1.29, 1.82) is 0 Å². The summed E-state index contributed by atoms with van der Waals surface area (Å²) in [5.74, 6) is 0.0575. The molecule has 0 radical (unpaired) electrons. The van der Waals surface area contributed by atoms with Crippen molar-refractivity contribution in [2.75, 3.05) is 13.2 Å². The number of carbonyl (C=O) groups excluding carboxylic acids is 1. The molecule has 15 heavy (non-hydrogen) atoms. The normalized spacial score (nSPS) is 29.0. The number of hydrogen-bond donors (Lipinski definition) is 2. The summed E-state index contributed by atoms with van der Waals surface area (Å²) >= 11 is 0. The maximum atomic E-state index is 11.8. The van der Waals surface area contributed by atoms with Gasteiger partial charge in [-0.05, 0) is 33.6 Å². The summed E-state index contributed by atoms with van der Waals surface area (Å²) in [7, 11) is 0. The maximum absolute atomic E-state index is 11.8. The van der Waals surface area contributed by atoms with Crippen LogP contribution in [0.2, 0.25) is 0 Å². The van der Waals surface area contributed by atoms with E-state index in [-0.39, 0.29) is 18.6 Å². The van der Waals surface area contributed by atoms with Crippen LogP contribution in [0.25, 0.3) is 0 Å². The number of nitrogens with zero attached hydrogens (tertiary/aromatic N) is 1. The molecule has 1 fully saturated rings. The molecule has 2 unspecified atom stereocenters. The van der Waals surface area contributed by atoms with Crippen molar-refractivity contribution < 1.29 is 9.90 Å². The molecule has 0 aromatic carbocycles. The molecule has 0 aliphatic carbocycles. The molecule has 2 N–H and O–H groups in total. The van der Waals surface area contributed by atoms with Gasteiger partial charge in [0, 0.05) is 25.2 Å². The van der Waals surface area contributed by atoms with Crippen LogP contribution in [0.4, 0.5) is 0 Å². The zero-order valence-corrected chi connectivity index (χ0v) is 9.86. The first-order valence-electron chi connectivity index (χ1n) is 5.74. The zero-order valence-electron chi connectivity index (χ0n) is 9.86. The Morgan fingerprint density at radius 2 is 2.27 bits per heavy atom. The van der Waals surface area contributed by atoms with Crippen molar-refractivity contribution in [2.24, 2.45) is 0 Å². The number of aliphatic hydroxyl groups is 1. The fourth-order valence-corrected chi connectivity index (χ4v) is 2.39. The lowest BCUT2D eigenvalue weighted by Gasteiger charge is -2.36. The van der Waals surface area contributed by atoms with E-state index in [1.165, 1.54) is 0 Å². The predicted molar refractivity (Wildman–Crippen MR) is 59.6 cm³/mol. The highest BCUT2D eigenvalue weighted by Gasteiger charge is 2.32. The van der Waals surface area contributed by atoms with Crippen molar-refractivity contribution in [1.82, 2.24) is 10.2 Å². The highest BCUT2D eigenvalue weighted by atomic mass is 16.3. The third kappa shape index (κ3) is 2.92. The zero-order chi connectivity index (χ0) is 11.4. The van der Waals surface area contributed by atoms with E-state index in [1.54, 1.807) is 0 Å². The van der Waals surface area contributed by atoms with E-state index in [0.717, 1.165) is 13.0 Å². The Bertz CT molecular complexity index is 219. The number of hydrogen-bond acceptors (Lipinski definition) is 3. The number of carbonyl (C=O) groups is 1. The Kier molecular flexibility index (Phi) is 4.54. The number of aliphatic hydroxyl groups excluding tert-OH is 1. The SMILES string of the molecule is CC(C)N1C(C)CCNC(=O)C1CCO. The Balaban J connectivity index is 2.83. The van der Waals surface area contributed by atoms with Crippen molar-refractivity contribution in [3.63, 3.8) is 0 Å². The van der Waals surface area contributed by atoms with Gasteiger partial charge >= 0.3 is 0 Å². The highest BCUT2D eigenvalue weighted by Crippen LogP contribution is 2.18. The molecule has 4 nitrogen and oxygen atoms in total. The van der Waals surface area contributed by atoms with Gasteiger partial charge in [-0.25, -0.2) is 0 Å². The van der Waals surface area contributed by atoms with Gasteiger partial charge < -0.3 is 10.4 Å². The van der Waals surface area contributed by atoms with Gasteiger partial charge in [0.25, 0.3) is 0 Å². The molecule has 0 spiro atoms. The van der Waals surface area contributed by atoms with Crippen molar-refractivity contribution >= 4 is 5.91 Å². The van der Waals surface area contributed by atoms with Crippen LogP contribution in [-0.2, 0) is 4.79 Å². The Morgan fingerprint density at radius 3 is 2.80 bits per heavy atom. The van der Waals surface area contributed by atoms with Crippen LogP contribution in [0.1, 0.15) is 33.6 Å². The maximum Gasteiger partial charge on any atom is 0.237 e. The van der Waals surface area contributed by atoms with Gasteiger partial charge in [0.2, 0.25) is 5.91 Å². The molecule has 2 atom stereocenters. The molecule has 1 aliphatic heterocycles. The molecule has 0 aromatic rings. The van der Waals surface area contributed by atoms with Crippen LogP contribution in [-0.4, -0.2) is 47.2 Å². The molecule has 1 saturated heterocycles. The number of rotatable bonds is 3. The third-order valence-electron chi connectivity index (χ3n) is 3.03. The average Bonchev–Trinajstić information content (AvgIpc) is 2.28. The molecule has 4 heteroatoms. The van der Waals surface area contributed by atoms with Gasteiger partial charge in [-0.2, -0.15) is 0 Å². The van der Waals surface area contributed by atoms with Gasteiger partial charge in [0.15, 0.2) is 0 Å². The fraction of sp³-hybridized carbons (Fsp3) is 0.909. The minimum absolute atomic E-state index is 0.0575. The topological polar surface area (TPSA) is 52.6 Å². The quantitative estimate of drug-likeness (QED) is 0.713. The fourth-order valence-electron chi connectivity index (χ4n) is 2.39. The summed E-state index contributed by atoms with van der Waals surface area (Å²) in [4.78, 5) is 14.0. The molecule has 1 aliphatic rings. The summed E-state index contributed by atoms with van der Waals surface area (Å²) in [6.07, 6.45) is 1.50. The van der Waals surface area contributed by atoms with Gasteiger partial charge in [0.1, 0.15) is 0 Å². The third-order valence-corrected chi connectivity index (χ3v) is 3.03. The van der Waals surface area contributed by atoms with Crippen LogP contribution in [0.5, 0.6) is 0 Å². The lowest BCUT2D eigenvalue weighted by Crippen LogP contribution is -2.50. The minimum Gasteiger partial charge on any atom is -0.396 e. The van der Waals surface area contributed by atoms with Crippen LogP contribution >= 0.6 is 0 Å². The van der Waals surface area contributed by atoms with Crippen LogP contribution in [0.15, 0.2) is 0 Å². The monoisotopic (exact) mass is 214 g/mol. The number of amides is 1. The molecular formula is C11H22N2O2. The molecular weight excluding hydrogens is 192 g/mol. The van der Waals surface area contributed by atoms with E-state index in [9.17, 15) is 4.79 Å². The summed E-state index contributed by atoms with van der Waals surface area (Å²) in [6.45, 7) is 7.14. The standard InChI is InChI=1S/C11H22N2O2/c1-8(2)13-9(3)4-6-12-11(15)10(13)5-7-14/h8-10,14H,4-7H2,1-3H3,(H,12,15). The van der Waals surface area contributed by atoms with E-state index in [2.05, 4.69) is 31.0 Å². The van der Waals surface area contributed by atoms with E-state index in [4.69, 9.17) is 5.11 Å². The molecule has 1 rings (SSSR count). The smallest absolute Gasteiger partial charge is 0.237 e. The van der Waals surface area contributed by atoms with Gasteiger partial charge in [-0.15, -0.1) is 0 Å². The van der Waals surface area contributed by atoms with Crippen molar-refractivity contribution in [3.8, 4) is 0 Å². The predicted octanol–water partition coefficient (Wildman–Crippen LogP) is 0.356. The molecule has 0 aromatic heterocycles. The summed E-state index contributed by atoms with van der Waals surface area (Å²) in [6, 6.07) is 0.549. The first kappa shape index (κ1) is 12.5. The van der Waals surface area contributed by atoms with Crippen molar-refractivity contribution in [2.45, 2.75) is 51.7 Å².